The monoisotopic (exact) mass is 437 g/mol. The minimum absolute atomic E-state index is 0.0718. The standard InChI is InChI=1S/C24H24ClN3OS/c25-19-9-5-4-8-17(19)23-22-18-10-12-26-14-20(18)30-24(22)28(21(29)15-27-23)13-11-16-6-2-1-3-7-16/h1-9,23,26-27H,10-15H2. The van der Waals surface area contributed by atoms with Gasteiger partial charge in [-0.2, -0.15) is 0 Å². The molecule has 0 saturated heterocycles. The Balaban J connectivity index is 1.58. The number of anilines is 1. The van der Waals surface area contributed by atoms with Gasteiger partial charge >= 0.3 is 0 Å². The molecule has 30 heavy (non-hydrogen) atoms. The maximum Gasteiger partial charge on any atom is 0.241 e. The van der Waals surface area contributed by atoms with Crippen molar-refractivity contribution in [2.75, 3.05) is 24.5 Å². The number of nitrogens with one attached hydrogen (secondary N) is 2. The third kappa shape index (κ3) is 3.67. The van der Waals surface area contributed by atoms with Crippen molar-refractivity contribution in [2.24, 2.45) is 0 Å². The summed E-state index contributed by atoms with van der Waals surface area (Å²) in [5.74, 6) is 0.119. The highest BCUT2D eigenvalue weighted by molar-refractivity contribution is 7.16. The number of rotatable bonds is 4. The van der Waals surface area contributed by atoms with Crippen LogP contribution in [-0.4, -0.2) is 25.5 Å². The van der Waals surface area contributed by atoms with E-state index in [0.29, 0.717) is 13.1 Å². The van der Waals surface area contributed by atoms with Gasteiger partial charge in [-0.15, -0.1) is 11.3 Å². The van der Waals surface area contributed by atoms with Gasteiger partial charge in [-0.25, -0.2) is 0 Å². The van der Waals surface area contributed by atoms with Crippen LogP contribution in [0.1, 0.15) is 33.2 Å². The predicted molar refractivity (Wildman–Crippen MR) is 124 cm³/mol. The van der Waals surface area contributed by atoms with Gasteiger partial charge in [0.2, 0.25) is 5.91 Å². The first-order chi connectivity index (χ1) is 14.7. The Morgan fingerprint density at radius 2 is 1.87 bits per heavy atom. The average Bonchev–Trinajstić information content (AvgIpc) is 3.09. The molecule has 1 atom stereocenters. The summed E-state index contributed by atoms with van der Waals surface area (Å²) in [6, 6.07) is 18.3. The van der Waals surface area contributed by atoms with Gasteiger partial charge in [-0.1, -0.05) is 60.1 Å². The van der Waals surface area contributed by atoms with Gasteiger partial charge in [0, 0.05) is 28.6 Å². The predicted octanol–water partition coefficient (Wildman–Crippen LogP) is 4.32. The molecule has 0 spiro atoms. The zero-order chi connectivity index (χ0) is 20.5. The van der Waals surface area contributed by atoms with E-state index < -0.39 is 0 Å². The molecule has 0 aliphatic carbocycles. The van der Waals surface area contributed by atoms with Crippen molar-refractivity contribution in [3.05, 3.63) is 86.8 Å². The lowest BCUT2D eigenvalue weighted by atomic mass is 9.93. The highest BCUT2D eigenvalue weighted by atomic mass is 35.5. The van der Waals surface area contributed by atoms with Crippen LogP contribution in [0.25, 0.3) is 0 Å². The number of carbonyl (C=O) groups excluding carboxylic acids is 1. The second kappa shape index (κ2) is 8.52. The van der Waals surface area contributed by atoms with E-state index in [1.807, 2.05) is 29.2 Å². The third-order valence-electron chi connectivity index (χ3n) is 5.92. The summed E-state index contributed by atoms with van der Waals surface area (Å²) in [4.78, 5) is 16.5. The highest BCUT2D eigenvalue weighted by Crippen LogP contribution is 2.45. The quantitative estimate of drug-likeness (QED) is 0.639. The number of thiophene rings is 1. The maximum atomic E-state index is 13.2. The number of benzene rings is 2. The van der Waals surface area contributed by atoms with E-state index in [9.17, 15) is 4.79 Å². The van der Waals surface area contributed by atoms with Crippen molar-refractivity contribution in [1.82, 2.24) is 10.6 Å². The van der Waals surface area contributed by atoms with E-state index >= 15 is 0 Å². The zero-order valence-electron chi connectivity index (χ0n) is 16.7. The molecule has 0 saturated carbocycles. The lowest BCUT2D eigenvalue weighted by molar-refractivity contribution is -0.117. The van der Waals surface area contributed by atoms with Gasteiger partial charge in [-0.3, -0.25) is 10.1 Å². The lowest BCUT2D eigenvalue weighted by Crippen LogP contribution is -2.37. The van der Waals surface area contributed by atoms with Crippen LogP contribution < -0.4 is 15.5 Å². The van der Waals surface area contributed by atoms with E-state index in [4.69, 9.17) is 11.6 Å². The van der Waals surface area contributed by atoms with E-state index in [2.05, 4.69) is 41.0 Å². The van der Waals surface area contributed by atoms with Crippen molar-refractivity contribution < 1.29 is 4.79 Å². The smallest absolute Gasteiger partial charge is 0.241 e. The molecule has 0 radical (unpaired) electrons. The van der Waals surface area contributed by atoms with Gasteiger partial charge in [-0.05, 0) is 42.1 Å². The van der Waals surface area contributed by atoms with Gasteiger partial charge in [0.25, 0.3) is 0 Å². The Hall–Kier alpha value is -2.18. The van der Waals surface area contributed by atoms with Crippen molar-refractivity contribution in [3.63, 3.8) is 0 Å². The van der Waals surface area contributed by atoms with Crippen molar-refractivity contribution in [3.8, 4) is 0 Å². The lowest BCUT2D eigenvalue weighted by Gasteiger charge is -2.23. The van der Waals surface area contributed by atoms with Crippen molar-refractivity contribution in [2.45, 2.75) is 25.4 Å². The number of amides is 1. The van der Waals surface area contributed by atoms with E-state index in [1.54, 1.807) is 11.3 Å². The van der Waals surface area contributed by atoms with Gasteiger partial charge < -0.3 is 10.2 Å². The average molecular weight is 438 g/mol. The van der Waals surface area contributed by atoms with E-state index in [1.165, 1.54) is 21.6 Å². The zero-order valence-corrected chi connectivity index (χ0v) is 18.2. The molecule has 1 unspecified atom stereocenters. The Bertz CT molecular complexity index is 1070. The minimum Gasteiger partial charge on any atom is -0.312 e. The fraction of sp³-hybridized carbons (Fsp3) is 0.292. The Labute approximate surface area is 185 Å². The minimum atomic E-state index is -0.0718. The number of halogens is 1. The normalized spacial score (nSPS) is 18.6. The van der Waals surface area contributed by atoms with Crippen LogP contribution in [0.2, 0.25) is 5.02 Å². The summed E-state index contributed by atoms with van der Waals surface area (Å²) < 4.78 is 0. The van der Waals surface area contributed by atoms with Crippen molar-refractivity contribution in [1.29, 1.82) is 0 Å². The van der Waals surface area contributed by atoms with Crippen LogP contribution in [0, 0.1) is 0 Å². The molecule has 154 valence electrons. The molecule has 2 aromatic carbocycles. The fourth-order valence-corrected chi connectivity index (χ4v) is 6.07. The second-order valence-electron chi connectivity index (χ2n) is 7.77. The molecule has 6 heteroatoms. The summed E-state index contributed by atoms with van der Waals surface area (Å²) in [5, 5.41) is 8.81. The maximum absolute atomic E-state index is 13.2. The first kappa shape index (κ1) is 19.8. The van der Waals surface area contributed by atoms with E-state index in [-0.39, 0.29) is 11.9 Å². The largest absolute Gasteiger partial charge is 0.312 e. The van der Waals surface area contributed by atoms with Gasteiger partial charge in [0.1, 0.15) is 5.00 Å². The summed E-state index contributed by atoms with van der Waals surface area (Å²) in [5.41, 5.74) is 4.90. The molecular formula is C24H24ClN3OS. The van der Waals surface area contributed by atoms with Crippen LogP contribution in [-0.2, 0) is 24.2 Å². The SMILES string of the molecule is O=C1CNC(c2ccccc2Cl)c2c(sc3c2CCNC3)N1CCc1ccccc1. The van der Waals surface area contributed by atoms with Crippen LogP contribution in [0.15, 0.2) is 54.6 Å². The molecule has 5 rings (SSSR count). The molecule has 1 amide bonds. The molecule has 4 nitrogen and oxygen atoms in total. The van der Waals surface area contributed by atoms with Crippen LogP contribution >= 0.6 is 22.9 Å². The number of fused-ring (bicyclic) bond motifs is 3. The van der Waals surface area contributed by atoms with Crippen LogP contribution in [0.3, 0.4) is 0 Å². The number of nitrogens with zero attached hydrogens (tertiary/aromatic N) is 1. The molecule has 3 heterocycles. The number of hydrogen-bond acceptors (Lipinski definition) is 4. The first-order valence-electron chi connectivity index (χ1n) is 10.4. The molecule has 2 aliphatic heterocycles. The summed E-state index contributed by atoms with van der Waals surface area (Å²) in [7, 11) is 0. The number of hydrogen-bond donors (Lipinski definition) is 2. The first-order valence-corrected chi connectivity index (χ1v) is 11.6. The van der Waals surface area contributed by atoms with Gasteiger partial charge in [0.05, 0.1) is 12.6 Å². The second-order valence-corrected chi connectivity index (χ2v) is 9.26. The molecular weight excluding hydrogens is 414 g/mol. The summed E-state index contributed by atoms with van der Waals surface area (Å²) in [6.07, 6.45) is 1.81. The molecule has 0 fully saturated rings. The van der Waals surface area contributed by atoms with Crippen molar-refractivity contribution >= 4 is 33.8 Å². The molecule has 3 aromatic rings. The highest BCUT2D eigenvalue weighted by Gasteiger charge is 2.35. The summed E-state index contributed by atoms with van der Waals surface area (Å²) in [6.45, 7) is 2.81. The Morgan fingerprint density at radius 3 is 2.70 bits per heavy atom. The molecule has 2 aliphatic rings. The topological polar surface area (TPSA) is 44.4 Å². The molecule has 1 aromatic heterocycles. The van der Waals surface area contributed by atoms with Crippen LogP contribution in [0.5, 0.6) is 0 Å². The Kier molecular flexibility index (Phi) is 5.61. The molecule has 2 N–H and O–H groups in total. The third-order valence-corrected chi connectivity index (χ3v) is 7.54. The van der Waals surface area contributed by atoms with E-state index in [0.717, 1.165) is 41.5 Å². The fourth-order valence-electron chi connectivity index (χ4n) is 4.43. The molecule has 0 bridgehead atoms. The Morgan fingerprint density at radius 1 is 1.07 bits per heavy atom. The number of carbonyl (C=O) groups is 1. The van der Waals surface area contributed by atoms with Gasteiger partial charge in [0.15, 0.2) is 0 Å². The summed E-state index contributed by atoms with van der Waals surface area (Å²) >= 11 is 8.36. The van der Waals surface area contributed by atoms with Crippen LogP contribution in [0.4, 0.5) is 5.00 Å².